The molecule has 0 aromatic rings. The molecule has 0 aliphatic heterocycles. The third-order valence-corrected chi connectivity index (χ3v) is 11.1. The fraction of sp³-hybridized carbons (Fsp3) is 1.00. The highest BCUT2D eigenvalue weighted by atomic mass is 31.1. The Balaban J connectivity index is 1.73. The van der Waals surface area contributed by atoms with Crippen LogP contribution in [0.25, 0.3) is 0 Å². The summed E-state index contributed by atoms with van der Waals surface area (Å²) in [5.74, 6) is 2.11. The van der Waals surface area contributed by atoms with Crippen molar-refractivity contribution in [1.82, 2.24) is 0 Å². The molecule has 1 heteroatoms. The van der Waals surface area contributed by atoms with Gasteiger partial charge in [0.15, 0.2) is 0 Å². The summed E-state index contributed by atoms with van der Waals surface area (Å²) in [6, 6.07) is 0. The van der Waals surface area contributed by atoms with Gasteiger partial charge in [-0.25, -0.2) is 0 Å². The molecular formula is C20H37P. The van der Waals surface area contributed by atoms with Gasteiger partial charge in [0.05, 0.1) is 0 Å². The monoisotopic (exact) mass is 308 g/mol. The highest BCUT2D eigenvalue weighted by molar-refractivity contribution is 7.59. The van der Waals surface area contributed by atoms with Crippen LogP contribution in [0.1, 0.15) is 97.3 Å². The van der Waals surface area contributed by atoms with E-state index in [1.54, 1.807) is 57.8 Å². The molecule has 3 rings (SSSR count). The topological polar surface area (TPSA) is 0 Å². The zero-order valence-corrected chi connectivity index (χ0v) is 15.4. The minimum atomic E-state index is 0.304. The van der Waals surface area contributed by atoms with E-state index in [-0.39, 0.29) is 0 Å². The third-order valence-electron chi connectivity index (χ3n) is 7.01. The largest absolute Gasteiger partial charge is 0.0971 e. The van der Waals surface area contributed by atoms with E-state index in [1.165, 1.54) is 25.7 Å². The van der Waals surface area contributed by atoms with E-state index in [0.29, 0.717) is 7.92 Å². The molecule has 3 saturated carbocycles. The first kappa shape index (κ1) is 16.3. The van der Waals surface area contributed by atoms with Gasteiger partial charge in [0.2, 0.25) is 0 Å². The molecule has 0 saturated heterocycles. The van der Waals surface area contributed by atoms with E-state index >= 15 is 0 Å². The second-order valence-electron chi connectivity index (χ2n) is 8.34. The summed E-state index contributed by atoms with van der Waals surface area (Å²) in [6.07, 6.45) is 20.2. The average Bonchev–Trinajstić information content (AvgIpc) is 2.96. The molecule has 0 aromatic heterocycles. The predicted octanol–water partition coefficient (Wildman–Crippen LogP) is 6.96. The molecule has 0 heterocycles. The summed E-state index contributed by atoms with van der Waals surface area (Å²) in [4.78, 5) is 0. The van der Waals surface area contributed by atoms with Crippen LogP contribution in [0.2, 0.25) is 0 Å². The van der Waals surface area contributed by atoms with Gasteiger partial charge in [-0.3, -0.25) is 0 Å². The Morgan fingerprint density at radius 1 is 0.667 bits per heavy atom. The van der Waals surface area contributed by atoms with E-state index in [2.05, 4.69) is 13.8 Å². The van der Waals surface area contributed by atoms with E-state index in [9.17, 15) is 0 Å². The van der Waals surface area contributed by atoms with Crippen molar-refractivity contribution in [3.05, 3.63) is 0 Å². The lowest BCUT2D eigenvalue weighted by molar-refractivity contribution is 0.402. The predicted molar refractivity (Wildman–Crippen MR) is 96.6 cm³/mol. The third kappa shape index (κ3) is 3.85. The van der Waals surface area contributed by atoms with E-state index < -0.39 is 0 Å². The molecule has 0 amide bonds. The lowest BCUT2D eigenvalue weighted by atomic mass is 9.95. The molecule has 3 atom stereocenters. The van der Waals surface area contributed by atoms with E-state index in [0.717, 1.165) is 28.8 Å². The van der Waals surface area contributed by atoms with Gasteiger partial charge in [0.1, 0.15) is 0 Å². The van der Waals surface area contributed by atoms with Crippen LogP contribution in [0, 0.1) is 11.8 Å². The van der Waals surface area contributed by atoms with Crippen LogP contribution in [0.15, 0.2) is 0 Å². The first-order valence-electron chi connectivity index (χ1n) is 10.0. The summed E-state index contributed by atoms with van der Waals surface area (Å²) in [5, 5.41) is 0. The van der Waals surface area contributed by atoms with Crippen molar-refractivity contribution >= 4 is 7.92 Å². The van der Waals surface area contributed by atoms with Crippen LogP contribution in [-0.4, -0.2) is 17.0 Å². The normalized spacial score (nSPS) is 34.4. The lowest BCUT2D eigenvalue weighted by Gasteiger charge is -2.44. The highest BCUT2D eigenvalue weighted by Gasteiger charge is 2.40. The SMILES string of the molecule is CC1CCCC1[C@H](C)P(C1CCCCC1)C1CCCCC1. The summed E-state index contributed by atoms with van der Waals surface area (Å²) < 4.78 is 0. The number of hydrogen-bond donors (Lipinski definition) is 0. The maximum atomic E-state index is 2.70. The van der Waals surface area contributed by atoms with Gasteiger partial charge in [-0.05, 0) is 60.9 Å². The van der Waals surface area contributed by atoms with Crippen LogP contribution < -0.4 is 0 Å². The molecule has 3 aliphatic carbocycles. The molecule has 122 valence electrons. The van der Waals surface area contributed by atoms with Crippen molar-refractivity contribution in [3.63, 3.8) is 0 Å². The Bertz CT molecular complexity index is 283. The zero-order valence-electron chi connectivity index (χ0n) is 14.5. The summed E-state index contributed by atoms with van der Waals surface area (Å²) in [6.45, 7) is 5.25. The second kappa shape index (κ2) is 7.81. The smallest absolute Gasteiger partial charge is 0.0202 e. The van der Waals surface area contributed by atoms with Crippen molar-refractivity contribution in [1.29, 1.82) is 0 Å². The summed E-state index contributed by atoms with van der Waals surface area (Å²) in [5.41, 5.74) is 3.38. The van der Waals surface area contributed by atoms with Gasteiger partial charge in [-0.15, -0.1) is 0 Å². The first-order valence-corrected chi connectivity index (χ1v) is 11.6. The Morgan fingerprint density at radius 2 is 1.19 bits per heavy atom. The minimum Gasteiger partial charge on any atom is -0.0971 e. The summed E-state index contributed by atoms with van der Waals surface area (Å²) >= 11 is 0. The summed E-state index contributed by atoms with van der Waals surface area (Å²) in [7, 11) is 0.304. The van der Waals surface area contributed by atoms with Gasteiger partial charge in [0, 0.05) is 0 Å². The number of rotatable bonds is 4. The van der Waals surface area contributed by atoms with Crippen LogP contribution in [0.4, 0.5) is 0 Å². The average molecular weight is 308 g/mol. The molecule has 0 radical (unpaired) electrons. The molecule has 0 N–H and O–H groups in total. The Morgan fingerprint density at radius 3 is 1.62 bits per heavy atom. The molecule has 0 spiro atoms. The lowest BCUT2D eigenvalue weighted by Crippen LogP contribution is -2.30. The fourth-order valence-corrected chi connectivity index (χ4v) is 10.6. The van der Waals surface area contributed by atoms with Gasteiger partial charge < -0.3 is 0 Å². The minimum absolute atomic E-state index is 0.304. The maximum absolute atomic E-state index is 2.70. The van der Waals surface area contributed by atoms with E-state index in [4.69, 9.17) is 0 Å². The number of hydrogen-bond acceptors (Lipinski definition) is 0. The van der Waals surface area contributed by atoms with E-state index in [1.807, 2.05) is 0 Å². The molecule has 0 aromatic carbocycles. The van der Waals surface area contributed by atoms with Crippen LogP contribution in [-0.2, 0) is 0 Å². The Hall–Kier alpha value is 0.430. The van der Waals surface area contributed by atoms with Crippen molar-refractivity contribution in [3.8, 4) is 0 Å². The molecule has 0 bridgehead atoms. The molecular weight excluding hydrogens is 271 g/mol. The van der Waals surface area contributed by atoms with Gasteiger partial charge in [-0.2, -0.15) is 0 Å². The molecule has 0 nitrogen and oxygen atoms in total. The van der Waals surface area contributed by atoms with Gasteiger partial charge in [0.25, 0.3) is 0 Å². The molecule has 3 fully saturated rings. The fourth-order valence-electron chi connectivity index (χ4n) is 5.83. The zero-order chi connectivity index (χ0) is 14.7. The Kier molecular flexibility index (Phi) is 6.06. The van der Waals surface area contributed by atoms with Crippen molar-refractivity contribution < 1.29 is 0 Å². The van der Waals surface area contributed by atoms with Crippen LogP contribution in [0.5, 0.6) is 0 Å². The van der Waals surface area contributed by atoms with Gasteiger partial charge >= 0.3 is 0 Å². The van der Waals surface area contributed by atoms with Crippen LogP contribution >= 0.6 is 7.92 Å². The quantitative estimate of drug-likeness (QED) is 0.492. The van der Waals surface area contributed by atoms with Crippen LogP contribution in [0.3, 0.4) is 0 Å². The maximum Gasteiger partial charge on any atom is -0.0202 e. The highest BCUT2D eigenvalue weighted by Crippen LogP contribution is 2.62. The van der Waals surface area contributed by atoms with Gasteiger partial charge in [-0.1, -0.05) is 73.1 Å². The Labute approximate surface area is 134 Å². The van der Waals surface area contributed by atoms with Crippen molar-refractivity contribution in [2.75, 3.05) is 0 Å². The molecule has 3 aliphatic rings. The van der Waals surface area contributed by atoms with Crippen molar-refractivity contribution in [2.45, 2.75) is 114 Å². The standard InChI is InChI=1S/C20H37P/c1-16-10-9-15-20(16)17(2)21(18-11-5-3-6-12-18)19-13-7-4-8-14-19/h16-20H,3-15H2,1-2H3/t16?,17-,20?/m0/s1. The van der Waals surface area contributed by atoms with Crippen molar-refractivity contribution in [2.24, 2.45) is 11.8 Å². The molecule has 21 heavy (non-hydrogen) atoms. The second-order valence-corrected chi connectivity index (χ2v) is 11.5. The first-order chi connectivity index (χ1) is 10.3. The molecule has 2 unspecified atom stereocenters.